The van der Waals surface area contributed by atoms with Crippen molar-refractivity contribution in [3.8, 4) is 0 Å². The van der Waals surface area contributed by atoms with Gasteiger partial charge < -0.3 is 10.1 Å². The molecule has 1 amide bonds. The molecule has 0 atom stereocenters. The topological polar surface area (TPSA) is 55.4 Å². The van der Waals surface area contributed by atoms with Crippen LogP contribution in [-0.2, 0) is 17.5 Å². The lowest BCUT2D eigenvalue weighted by Gasteiger charge is -2.12. The number of nitrogens with one attached hydrogen (secondary N) is 1. The molecular formula is C16H9ClF3NO3. The molecule has 0 fully saturated rings. The van der Waals surface area contributed by atoms with E-state index >= 15 is 0 Å². The fourth-order valence-electron chi connectivity index (χ4n) is 2.32. The number of hydrogen-bond donors (Lipinski definition) is 1. The number of carbonyl (C=O) groups is 2. The molecule has 0 saturated carbocycles. The van der Waals surface area contributed by atoms with Gasteiger partial charge in [0.2, 0.25) is 0 Å². The predicted octanol–water partition coefficient (Wildman–Crippen LogP) is 4.28. The minimum absolute atomic E-state index is 0.155. The monoisotopic (exact) mass is 355 g/mol. The summed E-state index contributed by atoms with van der Waals surface area (Å²) in [4.78, 5) is 23.7. The molecule has 0 aromatic heterocycles. The van der Waals surface area contributed by atoms with E-state index in [9.17, 15) is 22.8 Å². The Morgan fingerprint density at radius 1 is 1.21 bits per heavy atom. The van der Waals surface area contributed by atoms with E-state index in [0.717, 1.165) is 12.1 Å². The van der Waals surface area contributed by atoms with Crippen molar-refractivity contribution in [2.75, 3.05) is 5.32 Å². The number of anilines is 1. The van der Waals surface area contributed by atoms with Crippen LogP contribution in [-0.4, -0.2) is 11.9 Å². The highest BCUT2D eigenvalue weighted by atomic mass is 35.5. The number of hydrogen-bond acceptors (Lipinski definition) is 3. The Balaban J connectivity index is 1.89. The number of benzene rings is 2. The van der Waals surface area contributed by atoms with Gasteiger partial charge in [0.05, 0.1) is 21.7 Å². The first-order valence-electron chi connectivity index (χ1n) is 6.74. The Labute approximate surface area is 139 Å². The molecule has 3 rings (SSSR count). The molecule has 0 bridgehead atoms. The first kappa shape index (κ1) is 16.3. The smallest absolute Gasteiger partial charge is 0.417 e. The molecule has 0 aliphatic carbocycles. The summed E-state index contributed by atoms with van der Waals surface area (Å²) in [5, 5.41) is 1.75. The predicted molar refractivity (Wildman–Crippen MR) is 80.0 cm³/mol. The number of ether oxygens (including phenoxy) is 1. The molecule has 2 aromatic rings. The van der Waals surface area contributed by atoms with E-state index in [1.54, 1.807) is 6.07 Å². The second-order valence-corrected chi connectivity index (χ2v) is 5.45. The first-order chi connectivity index (χ1) is 11.3. The summed E-state index contributed by atoms with van der Waals surface area (Å²) in [5.74, 6) is -1.32. The number of fused-ring (bicyclic) bond motifs is 1. The van der Waals surface area contributed by atoms with Crippen LogP contribution in [0.25, 0.3) is 0 Å². The van der Waals surface area contributed by atoms with Crippen LogP contribution in [0.4, 0.5) is 18.9 Å². The fourth-order valence-corrected chi connectivity index (χ4v) is 2.63. The van der Waals surface area contributed by atoms with E-state index in [-0.39, 0.29) is 17.9 Å². The number of halogens is 4. The number of carbonyl (C=O) groups excluding carboxylic acids is 2. The van der Waals surface area contributed by atoms with Crippen molar-refractivity contribution in [2.24, 2.45) is 0 Å². The first-order valence-corrected chi connectivity index (χ1v) is 7.12. The molecule has 1 aliphatic heterocycles. The number of rotatable bonds is 2. The van der Waals surface area contributed by atoms with E-state index in [0.29, 0.717) is 11.1 Å². The average molecular weight is 356 g/mol. The molecule has 1 heterocycles. The van der Waals surface area contributed by atoms with Crippen LogP contribution in [0.5, 0.6) is 0 Å². The summed E-state index contributed by atoms with van der Waals surface area (Å²) in [6.45, 7) is 0.155. The number of cyclic esters (lactones) is 1. The van der Waals surface area contributed by atoms with Crippen molar-refractivity contribution in [3.63, 3.8) is 0 Å². The normalized spacial score (nSPS) is 13.4. The van der Waals surface area contributed by atoms with Gasteiger partial charge in [-0.15, -0.1) is 0 Å². The van der Waals surface area contributed by atoms with Crippen LogP contribution in [0.1, 0.15) is 31.8 Å². The van der Waals surface area contributed by atoms with Gasteiger partial charge in [0, 0.05) is 11.3 Å². The standard InChI is InChI=1S/C16H9ClF3NO3/c17-13-10(2-1-3-12(13)16(18,19)20)14(22)21-9-5-4-8-7-24-15(23)11(8)6-9/h1-6H,7H2,(H,21,22). The van der Waals surface area contributed by atoms with Gasteiger partial charge in [-0.2, -0.15) is 13.2 Å². The Morgan fingerprint density at radius 2 is 1.96 bits per heavy atom. The van der Waals surface area contributed by atoms with Gasteiger partial charge in [0.25, 0.3) is 5.91 Å². The quantitative estimate of drug-likeness (QED) is 0.818. The lowest BCUT2D eigenvalue weighted by Crippen LogP contribution is -2.15. The summed E-state index contributed by atoms with van der Waals surface area (Å²) in [6, 6.07) is 7.62. The van der Waals surface area contributed by atoms with E-state index in [1.807, 2.05) is 0 Å². The lowest BCUT2D eigenvalue weighted by molar-refractivity contribution is -0.137. The van der Waals surface area contributed by atoms with Crippen molar-refractivity contribution in [1.29, 1.82) is 0 Å². The molecule has 24 heavy (non-hydrogen) atoms. The average Bonchev–Trinajstić information content (AvgIpc) is 2.87. The van der Waals surface area contributed by atoms with Crippen molar-refractivity contribution in [2.45, 2.75) is 12.8 Å². The maximum absolute atomic E-state index is 12.8. The molecule has 8 heteroatoms. The molecule has 0 spiro atoms. The minimum Gasteiger partial charge on any atom is -0.457 e. The molecule has 1 aliphatic rings. The zero-order valence-corrected chi connectivity index (χ0v) is 12.7. The lowest BCUT2D eigenvalue weighted by atomic mass is 10.1. The summed E-state index contributed by atoms with van der Waals surface area (Å²) in [6.07, 6.45) is -4.66. The van der Waals surface area contributed by atoms with Gasteiger partial charge in [-0.1, -0.05) is 23.7 Å². The van der Waals surface area contributed by atoms with Gasteiger partial charge in [-0.3, -0.25) is 4.79 Å². The minimum atomic E-state index is -4.66. The summed E-state index contributed by atoms with van der Waals surface area (Å²) in [5.41, 5.74) is -0.159. The largest absolute Gasteiger partial charge is 0.457 e. The van der Waals surface area contributed by atoms with Crippen molar-refractivity contribution >= 4 is 29.2 Å². The van der Waals surface area contributed by atoms with Crippen LogP contribution in [0.2, 0.25) is 5.02 Å². The molecule has 0 radical (unpaired) electrons. The molecule has 2 aromatic carbocycles. The SMILES string of the molecule is O=C1OCc2ccc(NC(=O)c3cccc(C(F)(F)F)c3Cl)cc21. The highest BCUT2D eigenvalue weighted by molar-refractivity contribution is 6.35. The summed E-state index contributed by atoms with van der Waals surface area (Å²) < 4.78 is 43.4. The molecule has 1 N–H and O–H groups in total. The van der Waals surface area contributed by atoms with Crippen LogP contribution < -0.4 is 5.32 Å². The van der Waals surface area contributed by atoms with E-state index in [2.05, 4.69) is 5.32 Å². The highest BCUT2D eigenvalue weighted by Crippen LogP contribution is 2.36. The number of esters is 1. The molecule has 124 valence electrons. The Bertz CT molecular complexity index is 849. The third-order valence-corrected chi connectivity index (χ3v) is 3.90. The van der Waals surface area contributed by atoms with Crippen molar-refractivity contribution < 1.29 is 27.5 Å². The van der Waals surface area contributed by atoms with E-state index < -0.39 is 28.6 Å². The Kier molecular flexibility index (Phi) is 3.96. The van der Waals surface area contributed by atoms with Gasteiger partial charge >= 0.3 is 12.1 Å². The zero-order chi connectivity index (χ0) is 17.5. The Morgan fingerprint density at radius 3 is 2.67 bits per heavy atom. The van der Waals surface area contributed by atoms with Crippen molar-refractivity contribution in [3.05, 3.63) is 63.7 Å². The van der Waals surface area contributed by atoms with Crippen LogP contribution in [0.15, 0.2) is 36.4 Å². The zero-order valence-electron chi connectivity index (χ0n) is 11.9. The molecule has 0 saturated heterocycles. The third-order valence-electron chi connectivity index (χ3n) is 3.50. The van der Waals surface area contributed by atoms with Crippen LogP contribution >= 0.6 is 11.6 Å². The summed E-state index contributed by atoms with van der Waals surface area (Å²) >= 11 is 5.72. The van der Waals surface area contributed by atoms with Crippen LogP contribution in [0.3, 0.4) is 0 Å². The molecule has 0 unspecified atom stereocenters. The van der Waals surface area contributed by atoms with Gasteiger partial charge in [0.15, 0.2) is 0 Å². The van der Waals surface area contributed by atoms with Gasteiger partial charge in [-0.25, -0.2) is 4.79 Å². The number of alkyl halides is 3. The second-order valence-electron chi connectivity index (χ2n) is 5.07. The third kappa shape index (κ3) is 2.94. The van der Waals surface area contributed by atoms with Gasteiger partial charge in [-0.05, 0) is 24.3 Å². The van der Waals surface area contributed by atoms with Gasteiger partial charge in [0.1, 0.15) is 6.61 Å². The molecular weight excluding hydrogens is 347 g/mol. The van der Waals surface area contributed by atoms with Crippen LogP contribution in [0, 0.1) is 0 Å². The molecule has 4 nitrogen and oxygen atoms in total. The van der Waals surface area contributed by atoms with Crippen molar-refractivity contribution in [1.82, 2.24) is 0 Å². The maximum atomic E-state index is 12.8. The second kappa shape index (κ2) is 5.83. The highest BCUT2D eigenvalue weighted by Gasteiger charge is 2.34. The van der Waals surface area contributed by atoms with E-state index in [4.69, 9.17) is 16.3 Å². The number of amides is 1. The maximum Gasteiger partial charge on any atom is 0.417 e. The fraction of sp³-hybridized carbons (Fsp3) is 0.125. The Hall–Kier alpha value is -2.54. The summed E-state index contributed by atoms with van der Waals surface area (Å²) in [7, 11) is 0. The van der Waals surface area contributed by atoms with E-state index in [1.165, 1.54) is 18.2 Å².